The van der Waals surface area contributed by atoms with Crippen molar-refractivity contribution in [2.75, 3.05) is 26.7 Å². The highest BCUT2D eigenvalue weighted by Crippen LogP contribution is 2.15. The molecule has 128 valence electrons. The standard InChI is InChI=1S/C21H28N2O/c1-24-21-9-5-8-19(16-21)17-22-20-11-14-23(15-12-20)13-10-18-6-3-2-4-7-18/h2-9,16,20,22H,10-15,17H2,1H3. The molecule has 0 saturated carbocycles. The van der Waals surface area contributed by atoms with E-state index in [0.717, 1.165) is 18.7 Å². The Morgan fingerprint density at radius 1 is 1.00 bits per heavy atom. The Labute approximate surface area is 145 Å². The molecule has 3 nitrogen and oxygen atoms in total. The lowest BCUT2D eigenvalue weighted by Gasteiger charge is -2.32. The summed E-state index contributed by atoms with van der Waals surface area (Å²) in [7, 11) is 1.72. The average molecular weight is 324 g/mol. The van der Waals surface area contributed by atoms with E-state index in [1.807, 2.05) is 6.07 Å². The maximum Gasteiger partial charge on any atom is 0.119 e. The lowest BCUT2D eigenvalue weighted by Crippen LogP contribution is -2.42. The van der Waals surface area contributed by atoms with Gasteiger partial charge in [0.1, 0.15) is 5.75 Å². The second-order valence-corrected chi connectivity index (χ2v) is 6.58. The molecule has 1 N–H and O–H groups in total. The molecule has 3 heteroatoms. The predicted molar refractivity (Wildman–Crippen MR) is 99.4 cm³/mol. The van der Waals surface area contributed by atoms with Crippen LogP contribution in [-0.2, 0) is 13.0 Å². The Kier molecular flexibility index (Phi) is 6.27. The van der Waals surface area contributed by atoms with Crippen molar-refractivity contribution in [3.05, 3.63) is 65.7 Å². The quantitative estimate of drug-likeness (QED) is 0.844. The first kappa shape index (κ1) is 17.0. The zero-order chi connectivity index (χ0) is 16.6. The van der Waals surface area contributed by atoms with Crippen LogP contribution in [0.4, 0.5) is 0 Å². The molecule has 3 rings (SSSR count). The van der Waals surface area contributed by atoms with Crippen molar-refractivity contribution in [1.82, 2.24) is 10.2 Å². The molecule has 0 aromatic heterocycles. The maximum absolute atomic E-state index is 5.29. The van der Waals surface area contributed by atoms with Crippen molar-refractivity contribution in [2.45, 2.75) is 31.8 Å². The summed E-state index contributed by atoms with van der Waals surface area (Å²) < 4.78 is 5.29. The molecule has 0 atom stereocenters. The van der Waals surface area contributed by atoms with Crippen LogP contribution >= 0.6 is 0 Å². The van der Waals surface area contributed by atoms with Gasteiger partial charge in [0, 0.05) is 19.1 Å². The number of hydrogen-bond donors (Lipinski definition) is 1. The van der Waals surface area contributed by atoms with Crippen LogP contribution in [0.15, 0.2) is 54.6 Å². The van der Waals surface area contributed by atoms with Gasteiger partial charge in [-0.05, 0) is 55.6 Å². The molecular weight excluding hydrogens is 296 g/mol. The Bertz CT molecular complexity index is 606. The molecule has 0 radical (unpaired) electrons. The third-order valence-electron chi connectivity index (χ3n) is 4.88. The summed E-state index contributed by atoms with van der Waals surface area (Å²) in [5.74, 6) is 0.935. The first-order valence-electron chi connectivity index (χ1n) is 8.96. The van der Waals surface area contributed by atoms with Gasteiger partial charge in [0.2, 0.25) is 0 Å². The molecular formula is C21H28N2O. The van der Waals surface area contributed by atoms with Crippen molar-refractivity contribution in [1.29, 1.82) is 0 Å². The van der Waals surface area contributed by atoms with Crippen LogP contribution in [-0.4, -0.2) is 37.7 Å². The van der Waals surface area contributed by atoms with E-state index in [9.17, 15) is 0 Å². The molecule has 0 unspecified atom stereocenters. The number of nitrogens with zero attached hydrogens (tertiary/aromatic N) is 1. The smallest absolute Gasteiger partial charge is 0.119 e. The molecule has 0 amide bonds. The largest absolute Gasteiger partial charge is 0.497 e. The van der Waals surface area contributed by atoms with Gasteiger partial charge >= 0.3 is 0 Å². The fourth-order valence-corrected chi connectivity index (χ4v) is 3.34. The lowest BCUT2D eigenvalue weighted by atomic mass is 10.0. The molecule has 1 aliphatic heterocycles. The zero-order valence-corrected chi connectivity index (χ0v) is 14.6. The predicted octanol–water partition coefficient (Wildman–Crippen LogP) is 3.49. The first-order chi connectivity index (χ1) is 11.8. The molecule has 24 heavy (non-hydrogen) atoms. The van der Waals surface area contributed by atoms with Crippen molar-refractivity contribution < 1.29 is 4.74 Å². The monoisotopic (exact) mass is 324 g/mol. The van der Waals surface area contributed by atoms with Crippen LogP contribution in [0.25, 0.3) is 0 Å². The molecule has 0 bridgehead atoms. The second kappa shape index (κ2) is 8.86. The Morgan fingerprint density at radius 3 is 2.50 bits per heavy atom. The Morgan fingerprint density at radius 2 is 1.75 bits per heavy atom. The topological polar surface area (TPSA) is 24.5 Å². The lowest BCUT2D eigenvalue weighted by molar-refractivity contribution is 0.199. The van der Waals surface area contributed by atoms with E-state index in [1.54, 1.807) is 7.11 Å². The van der Waals surface area contributed by atoms with Crippen molar-refractivity contribution >= 4 is 0 Å². The highest BCUT2D eigenvalue weighted by molar-refractivity contribution is 5.28. The average Bonchev–Trinajstić information content (AvgIpc) is 2.66. The fraction of sp³-hybridized carbons (Fsp3) is 0.429. The molecule has 0 spiro atoms. The molecule has 1 fully saturated rings. The SMILES string of the molecule is COc1cccc(CNC2CCN(CCc3ccccc3)CC2)c1. The van der Waals surface area contributed by atoms with Gasteiger partial charge in [0.15, 0.2) is 0 Å². The summed E-state index contributed by atoms with van der Waals surface area (Å²) in [6.07, 6.45) is 3.63. The highest BCUT2D eigenvalue weighted by Gasteiger charge is 2.18. The van der Waals surface area contributed by atoms with Gasteiger partial charge in [0.05, 0.1) is 7.11 Å². The highest BCUT2D eigenvalue weighted by atomic mass is 16.5. The summed E-state index contributed by atoms with van der Waals surface area (Å²) in [6, 6.07) is 19.7. The summed E-state index contributed by atoms with van der Waals surface area (Å²) in [5.41, 5.74) is 2.73. The number of likely N-dealkylation sites (tertiary alicyclic amines) is 1. The normalized spacial score (nSPS) is 16.2. The minimum absolute atomic E-state index is 0.629. The van der Waals surface area contributed by atoms with Gasteiger partial charge in [-0.25, -0.2) is 0 Å². The summed E-state index contributed by atoms with van der Waals surface area (Å²) in [5, 5.41) is 3.70. The van der Waals surface area contributed by atoms with E-state index in [0.29, 0.717) is 6.04 Å². The number of methoxy groups -OCH3 is 1. The van der Waals surface area contributed by atoms with Crippen LogP contribution in [0, 0.1) is 0 Å². The summed E-state index contributed by atoms with van der Waals surface area (Å²) in [6.45, 7) is 4.49. The minimum atomic E-state index is 0.629. The number of ether oxygens (including phenoxy) is 1. The van der Waals surface area contributed by atoms with E-state index in [4.69, 9.17) is 4.74 Å². The molecule has 2 aromatic rings. The van der Waals surface area contributed by atoms with Crippen molar-refractivity contribution in [3.8, 4) is 5.75 Å². The van der Waals surface area contributed by atoms with Crippen LogP contribution < -0.4 is 10.1 Å². The molecule has 1 heterocycles. The summed E-state index contributed by atoms with van der Waals surface area (Å²) in [4.78, 5) is 2.59. The summed E-state index contributed by atoms with van der Waals surface area (Å²) >= 11 is 0. The minimum Gasteiger partial charge on any atom is -0.497 e. The van der Waals surface area contributed by atoms with Gasteiger partial charge in [0.25, 0.3) is 0 Å². The van der Waals surface area contributed by atoms with E-state index in [1.165, 1.54) is 43.6 Å². The second-order valence-electron chi connectivity index (χ2n) is 6.58. The molecule has 0 aliphatic carbocycles. The van der Waals surface area contributed by atoms with E-state index < -0.39 is 0 Å². The third-order valence-corrected chi connectivity index (χ3v) is 4.88. The van der Waals surface area contributed by atoms with E-state index in [2.05, 4.69) is 58.7 Å². The van der Waals surface area contributed by atoms with Crippen LogP contribution in [0.3, 0.4) is 0 Å². The number of rotatable bonds is 7. The van der Waals surface area contributed by atoms with Crippen LogP contribution in [0.1, 0.15) is 24.0 Å². The van der Waals surface area contributed by atoms with E-state index >= 15 is 0 Å². The van der Waals surface area contributed by atoms with Gasteiger partial charge in [-0.1, -0.05) is 42.5 Å². The van der Waals surface area contributed by atoms with Gasteiger partial charge < -0.3 is 15.0 Å². The molecule has 1 saturated heterocycles. The number of nitrogens with one attached hydrogen (secondary N) is 1. The zero-order valence-electron chi connectivity index (χ0n) is 14.6. The van der Waals surface area contributed by atoms with Crippen LogP contribution in [0.5, 0.6) is 5.75 Å². The molecule has 2 aromatic carbocycles. The Balaban J connectivity index is 1.37. The van der Waals surface area contributed by atoms with Gasteiger partial charge in [-0.3, -0.25) is 0 Å². The number of piperidine rings is 1. The van der Waals surface area contributed by atoms with Crippen molar-refractivity contribution in [3.63, 3.8) is 0 Å². The van der Waals surface area contributed by atoms with Crippen molar-refractivity contribution in [2.24, 2.45) is 0 Å². The first-order valence-corrected chi connectivity index (χ1v) is 8.96. The van der Waals surface area contributed by atoms with Gasteiger partial charge in [-0.15, -0.1) is 0 Å². The van der Waals surface area contributed by atoms with Gasteiger partial charge in [-0.2, -0.15) is 0 Å². The Hall–Kier alpha value is -1.84. The number of hydrogen-bond acceptors (Lipinski definition) is 3. The maximum atomic E-state index is 5.29. The number of benzene rings is 2. The fourth-order valence-electron chi connectivity index (χ4n) is 3.34. The third kappa shape index (κ3) is 5.08. The van der Waals surface area contributed by atoms with Crippen LogP contribution in [0.2, 0.25) is 0 Å². The van der Waals surface area contributed by atoms with E-state index in [-0.39, 0.29) is 0 Å². The molecule has 1 aliphatic rings.